The summed E-state index contributed by atoms with van der Waals surface area (Å²) in [6.45, 7) is 0.348. The minimum atomic E-state index is -3.71. The SMILES string of the molecule is COC1(CC(=O)NCc2ccc(S(=O)(=O)Cl)cc2)CCC1. The van der Waals surface area contributed by atoms with E-state index in [0.717, 1.165) is 24.8 Å². The van der Waals surface area contributed by atoms with E-state index in [1.165, 1.54) is 12.1 Å². The van der Waals surface area contributed by atoms with Crippen LogP contribution < -0.4 is 5.32 Å². The smallest absolute Gasteiger partial charge is 0.261 e. The molecule has 1 saturated carbocycles. The van der Waals surface area contributed by atoms with Gasteiger partial charge < -0.3 is 10.1 Å². The summed E-state index contributed by atoms with van der Waals surface area (Å²) in [5, 5.41) is 2.81. The van der Waals surface area contributed by atoms with Crippen LogP contribution in [0.4, 0.5) is 0 Å². The summed E-state index contributed by atoms with van der Waals surface area (Å²) >= 11 is 0. The maximum Gasteiger partial charge on any atom is 0.261 e. The van der Waals surface area contributed by atoms with Gasteiger partial charge in [0.2, 0.25) is 5.91 Å². The Kier molecular flexibility index (Phi) is 4.91. The number of hydrogen-bond donors (Lipinski definition) is 1. The minimum absolute atomic E-state index is 0.0482. The molecule has 5 nitrogen and oxygen atoms in total. The molecule has 0 aliphatic heterocycles. The molecule has 0 atom stereocenters. The average Bonchev–Trinajstić information content (AvgIpc) is 2.40. The van der Waals surface area contributed by atoms with E-state index in [9.17, 15) is 13.2 Å². The fraction of sp³-hybridized carbons (Fsp3) is 0.500. The first-order valence-corrected chi connectivity index (χ1v) is 9.01. The van der Waals surface area contributed by atoms with Gasteiger partial charge in [-0.1, -0.05) is 12.1 Å². The van der Waals surface area contributed by atoms with Gasteiger partial charge in [-0.2, -0.15) is 0 Å². The van der Waals surface area contributed by atoms with Crippen LogP contribution in [0.15, 0.2) is 29.2 Å². The van der Waals surface area contributed by atoms with Crippen molar-refractivity contribution in [2.45, 2.75) is 42.7 Å². The fourth-order valence-corrected chi connectivity index (χ4v) is 3.12. The lowest BCUT2D eigenvalue weighted by Crippen LogP contribution is -2.43. The molecule has 0 unspecified atom stereocenters. The Morgan fingerprint density at radius 2 is 1.95 bits per heavy atom. The van der Waals surface area contributed by atoms with Crippen molar-refractivity contribution >= 4 is 25.6 Å². The number of benzene rings is 1. The number of amides is 1. The van der Waals surface area contributed by atoms with Gasteiger partial charge in [-0.3, -0.25) is 4.79 Å². The van der Waals surface area contributed by atoms with Crippen LogP contribution in [0.5, 0.6) is 0 Å². The van der Waals surface area contributed by atoms with Gasteiger partial charge in [0, 0.05) is 24.3 Å². The summed E-state index contributed by atoms with van der Waals surface area (Å²) in [7, 11) is 3.17. The molecule has 2 rings (SSSR count). The Balaban J connectivity index is 1.87. The molecular formula is C14H18ClNO4S. The molecular weight excluding hydrogens is 314 g/mol. The molecule has 1 amide bonds. The molecule has 1 aromatic carbocycles. The van der Waals surface area contributed by atoms with Gasteiger partial charge in [-0.15, -0.1) is 0 Å². The lowest BCUT2D eigenvalue weighted by atomic mass is 9.77. The normalized spacial score (nSPS) is 17.0. The summed E-state index contributed by atoms with van der Waals surface area (Å²) in [5.74, 6) is -0.0643. The summed E-state index contributed by atoms with van der Waals surface area (Å²) in [6, 6.07) is 6.11. The molecule has 1 aliphatic rings. The summed E-state index contributed by atoms with van der Waals surface area (Å²) in [4.78, 5) is 11.9. The number of hydrogen-bond acceptors (Lipinski definition) is 4. The van der Waals surface area contributed by atoms with Gasteiger partial charge in [0.15, 0.2) is 0 Å². The standard InChI is InChI=1S/C14H18ClNO4S/c1-20-14(7-2-8-14)9-13(17)16-10-11-3-5-12(6-4-11)21(15,18)19/h3-6H,2,7-10H2,1H3,(H,16,17). The van der Waals surface area contributed by atoms with Crippen molar-refractivity contribution in [2.75, 3.05) is 7.11 Å². The zero-order valence-corrected chi connectivity index (χ0v) is 13.3. The molecule has 0 bridgehead atoms. The number of halogens is 1. The number of ether oxygens (including phenoxy) is 1. The molecule has 1 N–H and O–H groups in total. The predicted molar refractivity (Wildman–Crippen MR) is 79.5 cm³/mol. The largest absolute Gasteiger partial charge is 0.378 e. The van der Waals surface area contributed by atoms with Gasteiger partial charge in [0.1, 0.15) is 0 Å². The van der Waals surface area contributed by atoms with Crippen LogP contribution in [0, 0.1) is 0 Å². The van der Waals surface area contributed by atoms with Crippen LogP contribution in [-0.2, 0) is 25.1 Å². The first kappa shape index (κ1) is 16.3. The Morgan fingerprint density at radius 1 is 1.33 bits per heavy atom. The van der Waals surface area contributed by atoms with Gasteiger partial charge in [-0.25, -0.2) is 8.42 Å². The third kappa shape index (κ3) is 4.18. The van der Waals surface area contributed by atoms with Crippen molar-refractivity contribution in [3.63, 3.8) is 0 Å². The second-order valence-corrected chi connectivity index (χ2v) is 7.84. The highest BCUT2D eigenvalue weighted by molar-refractivity contribution is 8.13. The Hall–Kier alpha value is -1.11. The van der Waals surface area contributed by atoms with Gasteiger partial charge in [0.25, 0.3) is 9.05 Å². The first-order chi connectivity index (χ1) is 9.85. The van der Waals surface area contributed by atoms with Crippen molar-refractivity contribution in [1.82, 2.24) is 5.32 Å². The van der Waals surface area contributed by atoms with Crippen molar-refractivity contribution in [2.24, 2.45) is 0 Å². The first-order valence-electron chi connectivity index (χ1n) is 6.70. The third-order valence-corrected chi connectivity index (χ3v) is 5.24. The van der Waals surface area contributed by atoms with Crippen LogP contribution >= 0.6 is 10.7 Å². The van der Waals surface area contributed by atoms with Crippen LogP contribution in [-0.4, -0.2) is 27.0 Å². The van der Waals surface area contributed by atoms with Crippen LogP contribution in [0.3, 0.4) is 0 Å². The molecule has 7 heteroatoms. The predicted octanol–water partition coefficient (Wildman–Crippen LogP) is 2.19. The van der Waals surface area contributed by atoms with E-state index < -0.39 is 9.05 Å². The van der Waals surface area contributed by atoms with Crippen LogP contribution in [0.25, 0.3) is 0 Å². The summed E-state index contributed by atoms with van der Waals surface area (Å²) in [6.07, 6.45) is 3.28. The monoisotopic (exact) mass is 331 g/mol. The highest BCUT2D eigenvalue weighted by Crippen LogP contribution is 2.37. The molecule has 1 aromatic rings. The minimum Gasteiger partial charge on any atom is -0.378 e. The maximum atomic E-state index is 11.9. The Morgan fingerprint density at radius 3 is 2.38 bits per heavy atom. The van der Waals surface area contributed by atoms with E-state index in [1.807, 2.05) is 0 Å². The van der Waals surface area contributed by atoms with Crippen LogP contribution in [0.1, 0.15) is 31.2 Å². The summed E-state index contributed by atoms with van der Waals surface area (Å²) in [5.41, 5.74) is 0.521. The number of rotatable bonds is 6. The number of nitrogens with one attached hydrogen (secondary N) is 1. The second kappa shape index (κ2) is 6.34. The number of carbonyl (C=O) groups is 1. The highest BCUT2D eigenvalue weighted by Gasteiger charge is 2.38. The lowest BCUT2D eigenvalue weighted by molar-refractivity contribution is -0.134. The second-order valence-electron chi connectivity index (χ2n) is 5.28. The third-order valence-electron chi connectivity index (χ3n) is 3.88. The molecule has 21 heavy (non-hydrogen) atoms. The van der Waals surface area contributed by atoms with E-state index in [1.54, 1.807) is 19.2 Å². The molecule has 0 aromatic heterocycles. The van der Waals surface area contributed by atoms with Crippen molar-refractivity contribution in [3.05, 3.63) is 29.8 Å². The van der Waals surface area contributed by atoms with Crippen molar-refractivity contribution < 1.29 is 17.9 Å². The molecule has 0 saturated heterocycles. The van der Waals surface area contributed by atoms with Gasteiger partial charge >= 0.3 is 0 Å². The zero-order valence-electron chi connectivity index (χ0n) is 11.8. The molecule has 116 valence electrons. The topological polar surface area (TPSA) is 72.5 Å². The van der Waals surface area contributed by atoms with E-state index in [0.29, 0.717) is 13.0 Å². The molecule has 0 heterocycles. The van der Waals surface area contributed by atoms with E-state index in [4.69, 9.17) is 15.4 Å². The number of methoxy groups -OCH3 is 1. The lowest BCUT2D eigenvalue weighted by Gasteiger charge is -2.39. The summed E-state index contributed by atoms with van der Waals surface area (Å²) < 4.78 is 27.7. The van der Waals surface area contributed by atoms with E-state index in [2.05, 4.69) is 5.32 Å². The maximum absolute atomic E-state index is 11.9. The molecule has 0 radical (unpaired) electrons. The molecule has 0 spiro atoms. The Bertz CT molecular complexity index is 603. The van der Waals surface area contributed by atoms with Gasteiger partial charge in [0.05, 0.1) is 16.9 Å². The van der Waals surface area contributed by atoms with Crippen molar-refractivity contribution in [1.29, 1.82) is 0 Å². The highest BCUT2D eigenvalue weighted by atomic mass is 35.7. The average molecular weight is 332 g/mol. The Labute approximate surface area is 129 Å². The van der Waals surface area contributed by atoms with Crippen molar-refractivity contribution in [3.8, 4) is 0 Å². The quantitative estimate of drug-likeness (QED) is 0.811. The zero-order chi connectivity index (χ0) is 15.5. The van der Waals surface area contributed by atoms with Crippen LogP contribution in [0.2, 0.25) is 0 Å². The molecule has 1 aliphatic carbocycles. The molecule has 1 fully saturated rings. The fourth-order valence-electron chi connectivity index (χ4n) is 2.35. The van der Waals surface area contributed by atoms with E-state index >= 15 is 0 Å². The van der Waals surface area contributed by atoms with E-state index in [-0.39, 0.29) is 16.4 Å². The number of carbonyl (C=O) groups excluding carboxylic acids is 1. The van der Waals surface area contributed by atoms with Gasteiger partial charge in [-0.05, 0) is 37.0 Å².